The minimum Gasteiger partial charge on any atom is -0.306 e. The van der Waals surface area contributed by atoms with Crippen molar-refractivity contribution in [2.45, 2.75) is 40.3 Å². The first-order valence-electron chi connectivity index (χ1n) is 6.37. The Bertz CT molecular complexity index is 528. The Morgan fingerprint density at radius 2 is 2.06 bits per heavy atom. The number of aromatic amines is 1. The van der Waals surface area contributed by atoms with Crippen LogP contribution in [0.1, 0.15) is 40.9 Å². The number of rotatable bonds is 4. The van der Waals surface area contributed by atoms with Gasteiger partial charge in [0.25, 0.3) is 0 Å². The molecule has 1 aromatic carbocycles. The van der Waals surface area contributed by atoms with Gasteiger partial charge in [-0.25, -0.2) is 0 Å². The monoisotopic (exact) mass is 243 g/mol. The van der Waals surface area contributed by atoms with Crippen molar-refractivity contribution in [3.05, 3.63) is 52.3 Å². The summed E-state index contributed by atoms with van der Waals surface area (Å²) in [4.78, 5) is 0. The van der Waals surface area contributed by atoms with Crippen LogP contribution in [0.4, 0.5) is 0 Å². The van der Waals surface area contributed by atoms with Gasteiger partial charge in [0.1, 0.15) is 0 Å². The third kappa shape index (κ3) is 2.79. The minimum absolute atomic E-state index is 0.346. The molecule has 0 radical (unpaired) electrons. The normalized spacial score (nSPS) is 12.7. The molecule has 0 spiro atoms. The van der Waals surface area contributed by atoms with Crippen LogP contribution in [-0.4, -0.2) is 10.2 Å². The summed E-state index contributed by atoms with van der Waals surface area (Å²) >= 11 is 0. The van der Waals surface area contributed by atoms with Crippen LogP contribution in [0, 0.1) is 20.8 Å². The standard InChI is InChI=1S/C15H21N3/c1-10-5-6-11(2)15(7-10)13(4)16-8-14-9-17-18-12(14)3/h5-7,9,13,16H,8H2,1-4H3,(H,17,18). The predicted molar refractivity (Wildman–Crippen MR) is 74.5 cm³/mol. The van der Waals surface area contributed by atoms with E-state index in [4.69, 9.17) is 0 Å². The molecule has 1 aromatic heterocycles. The van der Waals surface area contributed by atoms with Gasteiger partial charge in [0.2, 0.25) is 0 Å². The van der Waals surface area contributed by atoms with Gasteiger partial charge >= 0.3 is 0 Å². The SMILES string of the molecule is Cc1ccc(C)c(C(C)NCc2cn[nH]c2C)c1. The molecule has 3 nitrogen and oxygen atoms in total. The lowest BCUT2D eigenvalue weighted by Gasteiger charge is -2.17. The van der Waals surface area contributed by atoms with Gasteiger partial charge < -0.3 is 5.32 Å². The van der Waals surface area contributed by atoms with E-state index in [-0.39, 0.29) is 0 Å². The Kier molecular flexibility index (Phi) is 3.82. The molecule has 0 saturated carbocycles. The molecule has 0 bridgehead atoms. The number of hydrogen-bond acceptors (Lipinski definition) is 2. The molecule has 1 unspecified atom stereocenters. The lowest BCUT2D eigenvalue weighted by Crippen LogP contribution is -2.19. The quantitative estimate of drug-likeness (QED) is 0.866. The number of benzene rings is 1. The first-order chi connectivity index (χ1) is 8.58. The Balaban J connectivity index is 2.06. The summed E-state index contributed by atoms with van der Waals surface area (Å²) in [6, 6.07) is 6.95. The largest absolute Gasteiger partial charge is 0.306 e. The molecule has 1 heterocycles. The van der Waals surface area contributed by atoms with Crippen molar-refractivity contribution >= 4 is 0 Å². The van der Waals surface area contributed by atoms with Gasteiger partial charge in [-0.05, 0) is 38.8 Å². The van der Waals surface area contributed by atoms with E-state index >= 15 is 0 Å². The highest BCUT2D eigenvalue weighted by Gasteiger charge is 2.09. The number of aryl methyl sites for hydroxylation is 3. The minimum atomic E-state index is 0.346. The molecule has 18 heavy (non-hydrogen) atoms. The molecule has 0 aliphatic rings. The van der Waals surface area contributed by atoms with Gasteiger partial charge in [0, 0.05) is 23.8 Å². The summed E-state index contributed by atoms with van der Waals surface area (Å²) < 4.78 is 0. The van der Waals surface area contributed by atoms with Crippen molar-refractivity contribution in [1.82, 2.24) is 15.5 Å². The van der Waals surface area contributed by atoms with Gasteiger partial charge in [-0.3, -0.25) is 5.10 Å². The van der Waals surface area contributed by atoms with Crippen molar-refractivity contribution in [3.63, 3.8) is 0 Å². The fraction of sp³-hybridized carbons (Fsp3) is 0.400. The summed E-state index contributed by atoms with van der Waals surface area (Å²) in [5.41, 5.74) is 6.38. The molecule has 0 aliphatic heterocycles. The first kappa shape index (κ1) is 12.8. The van der Waals surface area contributed by atoms with Crippen LogP contribution in [0.15, 0.2) is 24.4 Å². The second-order valence-corrected chi connectivity index (χ2v) is 4.98. The fourth-order valence-electron chi connectivity index (χ4n) is 2.15. The van der Waals surface area contributed by atoms with E-state index in [9.17, 15) is 0 Å². The number of hydrogen-bond donors (Lipinski definition) is 2. The molecule has 2 N–H and O–H groups in total. The van der Waals surface area contributed by atoms with Crippen molar-refractivity contribution in [3.8, 4) is 0 Å². The van der Waals surface area contributed by atoms with E-state index in [0.29, 0.717) is 6.04 Å². The number of nitrogens with one attached hydrogen (secondary N) is 2. The average molecular weight is 243 g/mol. The third-order valence-corrected chi connectivity index (χ3v) is 3.43. The number of aromatic nitrogens is 2. The average Bonchev–Trinajstić information content (AvgIpc) is 2.75. The zero-order valence-corrected chi connectivity index (χ0v) is 11.5. The molecule has 0 saturated heterocycles. The van der Waals surface area contributed by atoms with E-state index < -0.39 is 0 Å². The highest BCUT2D eigenvalue weighted by molar-refractivity contribution is 5.32. The zero-order valence-electron chi connectivity index (χ0n) is 11.5. The third-order valence-electron chi connectivity index (χ3n) is 3.43. The molecule has 0 fully saturated rings. The van der Waals surface area contributed by atoms with Crippen LogP contribution in [0.5, 0.6) is 0 Å². The van der Waals surface area contributed by atoms with Gasteiger partial charge in [0.15, 0.2) is 0 Å². The topological polar surface area (TPSA) is 40.7 Å². The molecular weight excluding hydrogens is 222 g/mol. The van der Waals surface area contributed by atoms with Gasteiger partial charge in [-0.2, -0.15) is 5.10 Å². The van der Waals surface area contributed by atoms with Crippen LogP contribution in [0.3, 0.4) is 0 Å². The zero-order chi connectivity index (χ0) is 13.1. The molecule has 1 atom stereocenters. The predicted octanol–water partition coefficient (Wildman–Crippen LogP) is 3.19. The lowest BCUT2D eigenvalue weighted by molar-refractivity contribution is 0.571. The molecule has 3 heteroatoms. The number of H-pyrrole nitrogens is 1. The summed E-state index contributed by atoms with van der Waals surface area (Å²) in [7, 11) is 0. The van der Waals surface area contributed by atoms with Crippen molar-refractivity contribution < 1.29 is 0 Å². The highest BCUT2D eigenvalue weighted by Crippen LogP contribution is 2.19. The van der Waals surface area contributed by atoms with Crippen molar-refractivity contribution in [2.75, 3.05) is 0 Å². The maximum atomic E-state index is 4.04. The molecule has 2 rings (SSSR count). The van der Waals surface area contributed by atoms with Gasteiger partial charge in [-0.15, -0.1) is 0 Å². The Morgan fingerprint density at radius 1 is 1.28 bits per heavy atom. The van der Waals surface area contributed by atoms with Gasteiger partial charge in [-0.1, -0.05) is 23.8 Å². The first-order valence-corrected chi connectivity index (χ1v) is 6.37. The summed E-state index contributed by atoms with van der Waals surface area (Å²) in [6.45, 7) is 9.40. The number of nitrogens with zero attached hydrogens (tertiary/aromatic N) is 1. The van der Waals surface area contributed by atoms with Crippen LogP contribution in [-0.2, 0) is 6.54 Å². The van der Waals surface area contributed by atoms with E-state index in [0.717, 1.165) is 12.2 Å². The van der Waals surface area contributed by atoms with E-state index in [1.807, 2.05) is 13.1 Å². The summed E-state index contributed by atoms with van der Waals surface area (Å²) in [5, 5.41) is 10.6. The molecular formula is C15H21N3. The van der Waals surface area contributed by atoms with E-state index in [1.165, 1.54) is 22.3 Å². The molecule has 0 amide bonds. The van der Waals surface area contributed by atoms with E-state index in [2.05, 4.69) is 54.5 Å². The molecule has 2 aromatic rings. The van der Waals surface area contributed by atoms with E-state index in [1.54, 1.807) is 0 Å². The lowest BCUT2D eigenvalue weighted by atomic mass is 10.00. The maximum absolute atomic E-state index is 4.04. The van der Waals surface area contributed by atoms with Crippen molar-refractivity contribution in [1.29, 1.82) is 0 Å². The van der Waals surface area contributed by atoms with Crippen LogP contribution in [0.2, 0.25) is 0 Å². The Labute approximate surface area is 109 Å². The fourth-order valence-corrected chi connectivity index (χ4v) is 2.15. The van der Waals surface area contributed by atoms with Gasteiger partial charge in [0.05, 0.1) is 6.20 Å². The molecule has 96 valence electrons. The second-order valence-electron chi connectivity index (χ2n) is 4.98. The summed E-state index contributed by atoms with van der Waals surface area (Å²) in [6.07, 6.45) is 1.89. The Morgan fingerprint density at radius 3 is 2.72 bits per heavy atom. The maximum Gasteiger partial charge on any atom is 0.0535 e. The Hall–Kier alpha value is -1.61. The summed E-state index contributed by atoms with van der Waals surface area (Å²) in [5.74, 6) is 0. The van der Waals surface area contributed by atoms with Crippen molar-refractivity contribution in [2.24, 2.45) is 0 Å². The highest BCUT2D eigenvalue weighted by atomic mass is 15.1. The van der Waals surface area contributed by atoms with Crippen LogP contribution in [0.25, 0.3) is 0 Å². The second kappa shape index (κ2) is 5.36. The van der Waals surface area contributed by atoms with Crippen LogP contribution >= 0.6 is 0 Å². The van der Waals surface area contributed by atoms with Crippen LogP contribution < -0.4 is 5.32 Å². The smallest absolute Gasteiger partial charge is 0.0535 e. The molecule has 0 aliphatic carbocycles.